The number of fused-ring (bicyclic) bond motifs is 1. The minimum absolute atomic E-state index is 0.0469. The summed E-state index contributed by atoms with van der Waals surface area (Å²) < 4.78 is 18.2. The second kappa shape index (κ2) is 12.2. The van der Waals surface area contributed by atoms with E-state index in [9.17, 15) is 9.59 Å². The third kappa shape index (κ3) is 5.76. The molecule has 2 atom stereocenters. The average molecular weight is 544 g/mol. The number of para-hydroxylation sites is 1. The molecular formula is C30H33N5O5. The first-order chi connectivity index (χ1) is 19.5. The zero-order valence-corrected chi connectivity index (χ0v) is 22.9. The van der Waals surface area contributed by atoms with Crippen molar-refractivity contribution in [3.8, 4) is 11.5 Å². The van der Waals surface area contributed by atoms with Crippen molar-refractivity contribution in [2.45, 2.75) is 38.5 Å². The SMILES string of the molecule is COc1ccc(N(C(=O)Cn2nnc3ccccc32)[C@H](C(=O)NC[C@@H]2CCCO2)c2ccc(C)cc2)cc1OC. The van der Waals surface area contributed by atoms with E-state index in [0.29, 0.717) is 41.4 Å². The highest BCUT2D eigenvalue weighted by atomic mass is 16.5. The van der Waals surface area contributed by atoms with E-state index in [0.717, 1.165) is 23.9 Å². The lowest BCUT2D eigenvalue weighted by Gasteiger charge is -2.32. The summed E-state index contributed by atoms with van der Waals surface area (Å²) in [7, 11) is 3.07. The van der Waals surface area contributed by atoms with Gasteiger partial charge in [0, 0.05) is 24.9 Å². The topological polar surface area (TPSA) is 108 Å². The molecule has 5 rings (SSSR count). The van der Waals surface area contributed by atoms with Crippen molar-refractivity contribution >= 4 is 28.5 Å². The largest absolute Gasteiger partial charge is 0.493 e. The molecule has 40 heavy (non-hydrogen) atoms. The fraction of sp³-hybridized carbons (Fsp3) is 0.333. The van der Waals surface area contributed by atoms with Crippen LogP contribution >= 0.6 is 0 Å². The Morgan fingerprint density at radius 2 is 1.85 bits per heavy atom. The first kappa shape index (κ1) is 27.1. The van der Waals surface area contributed by atoms with Gasteiger partial charge in [-0.1, -0.05) is 47.2 Å². The number of benzene rings is 3. The van der Waals surface area contributed by atoms with Gasteiger partial charge >= 0.3 is 0 Å². The van der Waals surface area contributed by atoms with Gasteiger partial charge in [-0.3, -0.25) is 14.5 Å². The van der Waals surface area contributed by atoms with E-state index in [2.05, 4.69) is 15.6 Å². The maximum Gasteiger partial charge on any atom is 0.249 e. The van der Waals surface area contributed by atoms with Gasteiger partial charge in [-0.2, -0.15) is 0 Å². The monoisotopic (exact) mass is 543 g/mol. The first-order valence-electron chi connectivity index (χ1n) is 13.3. The minimum atomic E-state index is -0.970. The summed E-state index contributed by atoms with van der Waals surface area (Å²) in [5.74, 6) is 0.286. The lowest BCUT2D eigenvalue weighted by molar-refractivity contribution is -0.127. The number of anilines is 1. The molecule has 208 valence electrons. The standard InChI is InChI=1S/C30H33N5O5/c1-20-10-12-21(13-11-20)29(30(37)31-18-23-7-6-16-40-23)35(22-14-15-26(38-2)27(17-22)39-3)28(36)19-34-25-9-5-4-8-24(25)32-33-34/h4-5,8-15,17,23,29H,6-7,16,18-19H2,1-3H3,(H,31,37)/t23-,29-/m0/s1. The van der Waals surface area contributed by atoms with Gasteiger partial charge in [-0.15, -0.1) is 5.10 Å². The van der Waals surface area contributed by atoms with Gasteiger partial charge in [0.05, 0.1) is 25.8 Å². The van der Waals surface area contributed by atoms with Crippen molar-refractivity contribution in [1.82, 2.24) is 20.3 Å². The molecule has 1 fully saturated rings. The van der Waals surface area contributed by atoms with E-state index in [1.807, 2.05) is 55.5 Å². The van der Waals surface area contributed by atoms with Gasteiger partial charge < -0.3 is 19.5 Å². The van der Waals surface area contributed by atoms with Gasteiger partial charge in [0.25, 0.3) is 0 Å². The second-order valence-corrected chi connectivity index (χ2v) is 9.73. The summed E-state index contributed by atoms with van der Waals surface area (Å²) in [6.45, 7) is 2.90. The zero-order chi connectivity index (χ0) is 28.1. The summed E-state index contributed by atoms with van der Waals surface area (Å²) in [4.78, 5) is 29.7. The minimum Gasteiger partial charge on any atom is -0.493 e. The van der Waals surface area contributed by atoms with Gasteiger partial charge in [-0.05, 0) is 49.6 Å². The van der Waals surface area contributed by atoms with Crippen LogP contribution in [0.5, 0.6) is 11.5 Å². The Kier molecular flexibility index (Phi) is 8.26. The van der Waals surface area contributed by atoms with Crippen LogP contribution in [0.1, 0.15) is 30.0 Å². The number of carbonyl (C=O) groups is 2. The van der Waals surface area contributed by atoms with Crippen molar-refractivity contribution in [1.29, 1.82) is 0 Å². The second-order valence-electron chi connectivity index (χ2n) is 9.73. The number of hydrogen-bond donors (Lipinski definition) is 1. The molecule has 0 radical (unpaired) electrons. The molecule has 1 N–H and O–H groups in total. The number of aromatic nitrogens is 3. The van der Waals surface area contributed by atoms with E-state index < -0.39 is 6.04 Å². The van der Waals surface area contributed by atoms with Crippen LogP contribution in [-0.4, -0.2) is 60.3 Å². The summed E-state index contributed by atoms with van der Waals surface area (Å²) >= 11 is 0. The summed E-state index contributed by atoms with van der Waals surface area (Å²) in [6.07, 6.45) is 1.80. The molecule has 0 aliphatic carbocycles. The van der Waals surface area contributed by atoms with E-state index in [1.54, 1.807) is 30.0 Å². The highest BCUT2D eigenvalue weighted by Crippen LogP contribution is 2.36. The predicted octanol–water partition coefficient (Wildman–Crippen LogP) is 3.83. The number of aryl methyl sites for hydroxylation is 1. The number of nitrogens with zero attached hydrogens (tertiary/aromatic N) is 4. The first-order valence-corrected chi connectivity index (χ1v) is 13.3. The van der Waals surface area contributed by atoms with Crippen molar-refractivity contribution in [2.75, 3.05) is 32.3 Å². The van der Waals surface area contributed by atoms with E-state index >= 15 is 0 Å². The number of methoxy groups -OCH3 is 2. The van der Waals surface area contributed by atoms with Crippen LogP contribution in [0.15, 0.2) is 66.7 Å². The Hall–Kier alpha value is -4.44. The number of rotatable bonds is 10. The molecular weight excluding hydrogens is 510 g/mol. The molecule has 0 saturated carbocycles. The highest BCUT2D eigenvalue weighted by molar-refractivity contribution is 6.01. The molecule has 10 heteroatoms. The third-order valence-corrected chi connectivity index (χ3v) is 7.05. The lowest BCUT2D eigenvalue weighted by Crippen LogP contribution is -2.46. The molecule has 0 unspecified atom stereocenters. The van der Waals surface area contributed by atoms with Crippen LogP contribution in [0.3, 0.4) is 0 Å². The van der Waals surface area contributed by atoms with Crippen LogP contribution in [0.4, 0.5) is 5.69 Å². The normalized spacial score (nSPS) is 15.5. The molecule has 0 spiro atoms. The molecule has 3 aromatic carbocycles. The summed E-state index contributed by atoms with van der Waals surface area (Å²) in [5.41, 5.74) is 3.59. The van der Waals surface area contributed by atoms with Gasteiger partial charge in [0.1, 0.15) is 18.1 Å². The number of hydrogen-bond acceptors (Lipinski definition) is 7. The molecule has 1 saturated heterocycles. The van der Waals surface area contributed by atoms with Crippen molar-refractivity contribution in [3.05, 3.63) is 77.9 Å². The zero-order valence-electron chi connectivity index (χ0n) is 22.9. The van der Waals surface area contributed by atoms with E-state index in [4.69, 9.17) is 14.2 Å². The molecule has 2 heterocycles. The van der Waals surface area contributed by atoms with Crippen molar-refractivity contribution in [2.24, 2.45) is 0 Å². The number of carbonyl (C=O) groups excluding carboxylic acids is 2. The van der Waals surface area contributed by atoms with Crippen LogP contribution in [0.25, 0.3) is 11.0 Å². The highest BCUT2D eigenvalue weighted by Gasteiger charge is 2.34. The van der Waals surface area contributed by atoms with Crippen LogP contribution in [0, 0.1) is 6.92 Å². The Balaban J connectivity index is 1.57. The summed E-state index contributed by atoms with van der Waals surface area (Å²) in [6, 6.07) is 19.2. The lowest BCUT2D eigenvalue weighted by atomic mass is 10.0. The number of nitrogens with one attached hydrogen (secondary N) is 1. The Labute approximate surface area is 232 Å². The maximum atomic E-state index is 14.2. The third-order valence-electron chi connectivity index (χ3n) is 7.05. The Bertz CT molecular complexity index is 1480. The van der Waals surface area contributed by atoms with Crippen molar-refractivity contribution in [3.63, 3.8) is 0 Å². The smallest absolute Gasteiger partial charge is 0.249 e. The molecule has 1 aromatic heterocycles. The quantitative estimate of drug-likeness (QED) is 0.324. The average Bonchev–Trinajstić information content (AvgIpc) is 3.65. The van der Waals surface area contributed by atoms with Crippen LogP contribution < -0.4 is 19.7 Å². The Morgan fingerprint density at radius 3 is 2.58 bits per heavy atom. The van der Waals surface area contributed by atoms with Crippen LogP contribution in [0.2, 0.25) is 0 Å². The fourth-order valence-electron chi connectivity index (χ4n) is 4.93. The van der Waals surface area contributed by atoms with E-state index in [1.165, 1.54) is 12.0 Å². The number of amides is 2. The fourth-order valence-corrected chi connectivity index (χ4v) is 4.93. The molecule has 10 nitrogen and oxygen atoms in total. The summed E-state index contributed by atoms with van der Waals surface area (Å²) in [5, 5.41) is 11.4. The molecule has 2 amide bonds. The molecule has 0 bridgehead atoms. The van der Waals surface area contributed by atoms with Gasteiger partial charge in [0.2, 0.25) is 11.8 Å². The van der Waals surface area contributed by atoms with Crippen molar-refractivity contribution < 1.29 is 23.8 Å². The molecule has 1 aliphatic heterocycles. The predicted molar refractivity (Wildman–Crippen MR) is 150 cm³/mol. The Morgan fingerprint density at radius 1 is 1.07 bits per heavy atom. The van der Waals surface area contributed by atoms with Gasteiger partial charge in [-0.25, -0.2) is 4.68 Å². The molecule has 1 aliphatic rings. The molecule has 4 aromatic rings. The van der Waals surface area contributed by atoms with E-state index in [-0.39, 0.29) is 24.5 Å². The van der Waals surface area contributed by atoms with Gasteiger partial charge in [0.15, 0.2) is 11.5 Å². The van der Waals surface area contributed by atoms with Crippen LogP contribution in [-0.2, 0) is 20.9 Å². The number of ether oxygens (including phenoxy) is 3. The maximum absolute atomic E-state index is 14.2.